The Hall–Kier alpha value is -2.38. The second-order valence-corrected chi connectivity index (χ2v) is 6.58. The standard InChI is InChI=1S/C18H21F3N4O/c19-18(20,21)14-6-4-5-13(11-14)9-10-22-17(26)16-12-25(24-23-16)15-7-2-1-3-8-15/h4-6,11-12,15H,1-3,7-10H2,(H,22,26). The highest BCUT2D eigenvalue weighted by molar-refractivity contribution is 5.91. The second kappa shape index (κ2) is 7.88. The van der Waals surface area contributed by atoms with Crippen LogP contribution in [0.1, 0.15) is 59.8 Å². The lowest BCUT2D eigenvalue weighted by molar-refractivity contribution is -0.137. The Morgan fingerprint density at radius 2 is 2.00 bits per heavy atom. The highest BCUT2D eigenvalue weighted by Crippen LogP contribution is 2.29. The van der Waals surface area contributed by atoms with Crippen LogP contribution in [0, 0.1) is 0 Å². The van der Waals surface area contributed by atoms with Gasteiger partial charge in [0.1, 0.15) is 0 Å². The number of amides is 1. The maximum Gasteiger partial charge on any atom is 0.416 e. The number of hydrogen-bond donors (Lipinski definition) is 1. The average Bonchev–Trinajstić information content (AvgIpc) is 3.12. The molecule has 1 heterocycles. The van der Waals surface area contributed by atoms with Crippen LogP contribution in [-0.4, -0.2) is 27.4 Å². The summed E-state index contributed by atoms with van der Waals surface area (Å²) in [7, 11) is 0. The molecule has 26 heavy (non-hydrogen) atoms. The number of nitrogens with one attached hydrogen (secondary N) is 1. The highest BCUT2D eigenvalue weighted by Gasteiger charge is 2.30. The molecule has 0 spiro atoms. The van der Waals surface area contributed by atoms with Gasteiger partial charge in [0.25, 0.3) is 5.91 Å². The van der Waals surface area contributed by atoms with Crippen LogP contribution in [0.2, 0.25) is 0 Å². The van der Waals surface area contributed by atoms with E-state index >= 15 is 0 Å². The molecule has 1 saturated carbocycles. The zero-order valence-corrected chi connectivity index (χ0v) is 14.3. The van der Waals surface area contributed by atoms with Crippen molar-refractivity contribution in [1.29, 1.82) is 0 Å². The Morgan fingerprint density at radius 1 is 1.23 bits per heavy atom. The van der Waals surface area contributed by atoms with Gasteiger partial charge in [0.15, 0.2) is 5.69 Å². The van der Waals surface area contributed by atoms with E-state index in [1.165, 1.54) is 12.5 Å². The van der Waals surface area contributed by atoms with E-state index in [-0.39, 0.29) is 18.1 Å². The van der Waals surface area contributed by atoms with Gasteiger partial charge in [-0.15, -0.1) is 5.10 Å². The molecule has 1 aromatic carbocycles. The lowest BCUT2D eigenvalue weighted by Gasteiger charge is -2.20. The second-order valence-electron chi connectivity index (χ2n) is 6.58. The van der Waals surface area contributed by atoms with Gasteiger partial charge in [-0.25, -0.2) is 4.68 Å². The van der Waals surface area contributed by atoms with E-state index in [9.17, 15) is 18.0 Å². The average molecular weight is 366 g/mol. The molecule has 0 saturated heterocycles. The lowest BCUT2D eigenvalue weighted by Crippen LogP contribution is -2.26. The number of alkyl halides is 3. The lowest BCUT2D eigenvalue weighted by atomic mass is 9.96. The molecule has 0 bridgehead atoms. The molecule has 1 aromatic heterocycles. The summed E-state index contributed by atoms with van der Waals surface area (Å²) < 4.78 is 39.9. The van der Waals surface area contributed by atoms with Gasteiger partial charge >= 0.3 is 6.18 Å². The van der Waals surface area contributed by atoms with Crippen LogP contribution in [0.25, 0.3) is 0 Å². The summed E-state index contributed by atoms with van der Waals surface area (Å²) in [6.07, 6.45) is 3.22. The molecule has 1 aliphatic carbocycles. The molecule has 1 N–H and O–H groups in total. The zero-order chi connectivity index (χ0) is 18.6. The van der Waals surface area contributed by atoms with Crippen LogP contribution in [0.4, 0.5) is 13.2 Å². The van der Waals surface area contributed by atoms with E-state index in [0.29, 0.717) is 18.0 Å². The Balaban J connectivity index is 1.52. The monoisotopic (exact) mass is 366 g/mol. The maximum absolute atomic E-state index is 12.7. The van der Waals surface area contributed by atoms with E-state index in [1.807, 2.05) is 0 Å². The third-order valence-corrected chi connectivity index (χ3v) is 4.65. The van der Waals surface area contributed by atoms with Crippen molar-refractivity contribution in [3.63, 3.8) is 0 Å². The van der Waals surface area contributed by atoms with Crippen molar-refractivity contribution >= 4 is 5.91 Å². The SMILES string of the molecule is O=C(NCCc1cccc(C(F)(F)F)c1)c1cn(C2CCCCC2)nn1. The number of nitrogens with zero attached hydrogens (tertiary/aromatic N) is 3. The summed E-state index contributed by atoms with van der Waals surface area (Å²) in [6, 6.07) is 5.41. The van der Waals surface area contributed by atoms with Crippen molar-refractivity contribution in [3.05, 3.63) is 47.3 Å². The summed E-state index contributed by atoms with van der Waals surface area (Å²) in [5.41, 5.74) is 0.0716. The quantitative estimate of drug-likeness (QED) is 0.876. The van der Waals surface area contributed by atoms with Gasteiger partial charge in [0, 0.05) is 6.54 Å². The molecule has 0 unspecified atom stereocenters. The molecular weight excluding hydrogens is 345 g/mol. The van der Waals surface area contributed by atoms with E-state index in [0.717, 1.165) is 37.8 Å². The predicted octanol–water partition coefficient (Wildman–Crippen LogP) is 3.77. The van der Waals surface area contributed by atoms with Crippen LogP contribution in [0.5, 0.6) is 0 Å². The van der Waals surface area contributed by atoms with Crippen LogP contribution in [0.3, 0.4) is 0 Å². The van der Waals surface area contributed by atoms with Crippen LogP contribution >= 0.6 is 0 Å². The Morgan fingerprint density at radius 3 is 2.73 bits per heavy atom. The number of carbonyl (C=O) groups excluding carboxylic acids is 1. The van der Waals surface area contributed by atoms with Crippen LogP contribution < -0.4 is 5.32 Å². The first-order valence-electron chi connectivity index (χ1n) is 8.79. The van der Waals surface area contributed by atoms with Crippen LogP contribution in [-0.2, 0) is 12.6 Å². The van der Waals surface area contributed by atoms with Gasteiger partial charge < -0.3 is 5.32 Å². The van der Waals surface area contributed by atoms with Gasteiger partial charge in [-0.3, -0.25) is 4.79 Å². The fraction of sp³-hybridized carbons (Fsp3) is 0.500. The normalized spacial score (nSPS) is 15.8. The first-order chi connectivity index (χ1) is 12.4. The summed E-state index contributed by atoms with van der Waals surface area (Å²) in [5, 5.41) is 10.6. The largest absolute Gasteiger partial charge is 0.416 e. The van der Waals surface area contributed by atoms with Crippen LogP contribution in [0.15, 0.2) is 30.5 Å². The topological polar surface area (TPSA) is 59.8 Å². The fourth-order valence-electron chi connectivity index (χ4n) is 3.22. The summed E-state index contributed by atoms with van der Waals surface area (Å²) in [6.45, 7) is 0.233. The molecule has 0 aliphatic heterocycles. The number of hydrogen-bond acceptors (Lipinski definition) is 3. The molecule has 0 atom stereocenters. The van der Waals surface area contributed by atoms with Gasteiger partial charge in [-0.1, -0.05) is 42.7 Å². The molecule has 140 valence electrons. The van der Waals surface area contributed by atoms with Gasteiger partial charge in [-0.05, 0) is 30.9 Å². The van der Waals surface area contributed by atoms with Crippen molar-refractivity contribution < 1.29 is 18.0 Å². The molecular formula is C18H21F3N4O. The summed E-state index contributed by atoms with van der Waals surface area (Å²) in [4.78, 5) is 12.2. The van der Waals surface area contributed by atoms with Gasteiger partial charge in [0.05, 0.1) is 17.8 Å². The van der Waals surface area contributed by atoms with Crippen molar-refractivity contribution in [2.45, 2.75) is 50.7 Å². The summed E-state index contributed by atoms with van der Waals surface area (Å²) >= 11 is 0. The molecule has 1 aliphatic rings. The number of benzene rings is 1. The molecule has 3 rings (SSSR count). The van der Waals surface area contributed by atoms with Crippen molar-refractivity contribution in [1.82, 2.24) is 20.3 Å². The first kappa shape index (κ1) is 18.4. The fourth-order valence-corrected chi connectivity index (χ4v) is 3.22. The summed E-state index contributed by atoms with van der Waals surface area (Å²) in [5.74, 6) is -0.362. The molecule has 8 heteroatoms. The van der Waals surface area contributed by atoms with E-state index in [2.05, 4.69) is 15.6 Å². The number of aromatic nitrogens is 3. The smallest absolute Gasteiger partial charge is 0.350 e. The molecule has 5 nitrogen and oxygen atoms in total. The van der Waals surface area contributed by atoms with E-state index < -0.39 is 11.7 Å². The zero-order valence-electron chi connectivity index (χ0n) is 14.3. The third kappa shape index (κ3) is 4.62. The van der Waals surface area contributed by atoms with Crippen molar-refractivity contribution in [2.75, 3.05) is 6.54 Å². The van der Waals surface area contributed by atoms with Crippen molar-refractivity contribution in [3.8, 4) is 0 Å². The minimum absolute atomic E-state index is 0.233. The van der Waals surface area contributed by atoms with Gasteiger partial charge in [0.2, 0.25) is 0 Å². The maximum atomic E-state index is 12.7. The Labute approximate surface area is 149 Å². The highest BCUT2D eigenvalue weighted by atomic mass is 19.4. The Kier molecular flexibility index (Phi) is 5.58. The Bertz CT molecular complexity index is 751. The van der Waals surface area contributed by atoms with Crippen molar-refractivity contribution in [2.24, 2.45) is 0 Å². The number of halogens is 3. The molecule has 1 amide bonds. The first-order valence-corrected chi connectivity index (χ1v) is 8.79. The predicted molar refractivity (Wildman–Crippen MR) is 89.6 cm³/mol. The van der Waals surface area contributed by atoms with E-state index in [4.69, 9.17) is 0 Å². The van der Waals surface area contributed by atoms with E-state index in [1.54, 1.807) is 16.9 Å². The number of carbonyl (C=O) groups is 1. The molecule has 1 fully saturated rings. The third-order valence-electron chi connectivity index (χ3n) is 4.65. The minimum atomic E-state index is -4.36. The molecule has 2 aromatic rings. The minimum Gasteiger partial charge on any atom is -0.350 e. The van der Waals surface area contributed by atoms with Gasteiger partial charge in [-0.2, -0.15) is 13.2 Å². The number of rotatable bonds is 5. The molecule has 0 radical (unpaired) electrons.